The van der Waals surface area contributed by atoms with Crippen molar-refractivity contribution >= 4 is 80.1 Å². The number of anilines is 4. The minimum atomic E-state index is 0.292. The third kappa shape index (κ3) is 3.53. The predicted molar refractivity (Wildman–Crippen MR) is 110 cm³/mol. The van der Waals surface area contributed by atoms with Gasteiger partial charge in [-0.3, -0.25) is 0 Å². The molecule has 2 aromatic carbocycles. The minimum absolute atomic E-state index is 0.292. The van der Waals surface area contributed by atoms with Crippen LogP contribution in [0.2, 0.25) is 10.0 Å². The van der Waals surface area contributed by atoms with Crippen LogP contribution >= 0.6 is 45.8 Å². The van der Waals surface area contributed by atoms with Crippen LogP contribution in [0.1, 0.15) is 0 Å². The molecule has 0 bridgehead atoms. The Balaban J connectivity index is 1.76. The molecule has 4 aromatic rings. The van der Waals surface area contributed by atoms with Crippen LogP contribution in [-0.2, 0) is 0 Å². The molecule has 0 aliphatic heterocycles. The van der Waals surface area contributed by atoms with Crippen LogP contribution < -0.4 is 10.6 Å². The van der Waals surface area contributed by atoms with E-state index >= 15 is 0 Å². The molecule has 0 saturated heterocycles. The maximum Gasteiger partial charge on any atom is 0.245 e. The largest absolute Gasteiger partial charge is 0.337 e. The fourth-order valence-electron chi connectivity index (χ4n) is 2.21. The van der Waals surface area contributed by atoms with E-state index in [0.717, 1.165) is 9.26 Å². The third-order valence-electron chi connectivity index (χ3n) is 3.42. The van der Waals surface area contributed by atoms with Crippen molar-refractivity contribution in [3.8, 4) is 0 Å². The summed E-state index contributed by atoms with van der Waals surface area (Å²) in [6, 6.07) is 13.0. The summed E-state index contributed by atoms with van der Waals surface area (Å²) in [5.41, 5.74) is 2.18. The Hall–Kier alpha value is -2.17. The lowest BCUT2D eigenvalue weighted by Gasteiger charge is -2.13. The number of para-hydroxylation sites is 1. The van der Waals surface area contributed by atoms with Gasteiger partial charge in [0.1, 0.15) is 0 Å². The molecular weight excluding hydrogens is 490 g/mol. The van der Waals surface area contributed by atoms with Gasteiger partial charge in [0.05, 0.1) is 15.7 Å². The molecule has 0 spiro atoms. The van der Waals surface area contributed by atoms with Crippen LogP contribution in [0.5, 0.6) is 0 Å². The van der Waals surface area contributed by atoms with Gasteiger partial charge >= 0.3 is 0 Å². The molecule has 26 heavy (non-hydrogen) atoms. The normalized spacial score (nSPS) is 10.9. The molecule has 0 aliphatic carbocycles. The quantitative estimate of drug-likeness (QED) is 0.363. The summed E-state index contributed by atoms with van der Waals surface area (Å²) < 4.78 is 5.75. The molecule has 130 valence electrons. The number of aromatic nitrogens is 4. The van der Waals surface area contributed by atoms with Crippen molar-refractivity contribution in [1.82, 2.24) is 20.3 Å². The van der Waals surface area contributed by atoms with Crippen molar-refractivity contribution in [2.75, 3.05) is 10.6 Å². The van der Waals surface area contributed by atoms with Gasteiger partial charge in [0, 0.05) is 9.26 Å². The van der Waals surface area contributed by atoms with E-state index in [0.29, 0.717) is 38.7 Å². The highest BCUT2D eigenvalue weighted by Crippen LogP contribution is 2.31. The number of hydrogen-bond acceptors (Lipinski definition) is 7. The Kier molecular flexibility index (Phi) is 4.79. The zero-order valence-electron chi connectivity index (χ0n) is 12.9. The zero-order valence-corrected chi connectivity index (χ0v) is 16.5. The van der Waals surface area contributed by atoms with Gasteiger partial charge in [-0.05, 0) is 63.2 Å². The van der Waals surface area contributed by atoms with E-state index < -0.39 is 0 Å². The molecule has 0 fully saturated rings. The number of rotatable bonds is 4. The molecular formula is C16H9Cl2IN6O. The van der Waals surface area contributed by atoms with Crippen molar-refractivity contribution in [3.63, 3.8) is 0 Å². The Bertz CT molecular complexity index is 1100. The second-order valence-electron chi connectivity index (χ2n) is 5.19. The van der Waals surface area contributed by atoms with E-state index in [1.54, 1.807) is 18.2 Å². The molecule has 4 rings (SSSR count). The number of benzene rings is 2. The average molecular weight is 499 g/mol. The van der Waals surface area contributed by atoms with Gasteiger partial charge < -0.3 is 10.6 Å². The molecule has 2 aromatic heterocycles. The Morgan fingerprint density at radius 2 is 1.54 bits per heavy atom. The first kappa shape index (κ1) is 17.3. The summed E-state index contributed by atoms with van der Waals surface area (Å²) in [4.78, 5) is 8.87. The van der Waals surface area contributed by atoms with Gasteiger partial charge in [-0.25, -0.2) is 14.6 Å². The number of fused-ring (bicyclic) bond motifs is 1. The second kappa shape index (κ2) is 7.22. The summed E-state index contributed by atoms with van der Waals surface area (Å²) in [6.07, 6.45) is 0. The van der Waals surface area contributed by atoms with Crippen LogP contribution in [-0.4, -0.2) is 20.3 Å². The van der Waals surface area contributed by atoms with E-state index in [9.17, 15) is 0 Å². The van der Waals surface area contributed by atoms with E-state index in [4.69, 9.17) is 27.8 Å². The molecule has 0 aliphatic rings. The van der Waals surface area contributed by atoms with Gasteiger partial charge in [0.15, 0.2) is 11.6 Å². The maximum absolute atomic E-state index is 6.09. The van der Waals surface area contributed by atoms with Gasteiger partial charge in [0.25, 0.3) is 0 Å². The van der Waals surface area contributed by atoms with Crippen LogP contribution in [0.3, 0.4) is 0 Å². The lowest BCUT2D eigenvalue weighted by Crippen LogP contribution is -2.04. The van der Waals surface area contributed by atoms with Crippen molar-refractivity contribution < 1.29 is 4.63 Å². The smallest absolute Gasteiger partial charge is 0.245 e. The molecule has 0 amide bonds. The van der Waals surface area contributed by atoms with Gasteiger partial charge in [-0.1, -0.05) is 35.3 Å². The van der Waals surface area contributed by atoms with Crippen LogP contribution in [0.4, 0.5) is 23.0 Å². The lowest BCUT2D eigenvalue weighted by atomic mass is 10.3. The summed E-state index contributed by atoms with van der Waals surface area (Å²) >= 11 is 14.3. The fourth-order valence-corrected chi connectivity index (χ4v) is 3.03. The highest BCUT2D eigenvalue weighted by Gasteiger charge is 2.14. The molecule has 7 nitrogen and oxygen atoms in total. The van der Waals surface area contributed by atoms with E-state index in [2.05, 4.69) is 53.5 Å². The van der Waals surface area contributed by atoms with Crippen LogP contribution in [0, 0.1) is 3.57 Å². The Labute approximate surface area is 171 Å². The molecule has 2 heterocycles. The first-order chi connectivity index (χ1) is 12.6. The van der Waals surface area contributed by atoms with Crippen LogP contribution in [0.25, 0.3) is 11.3 Å². The molecule has 0 unspecified atom stereocenters. The number of hydrogen-bond donors (Lipinski definition) is 2. The highest BCUT2D eigenvalue weighted by molar-refractivity contribution is 14.1. The molecule has 2 N–H and O–H groups in total. The molecule has 0 atom stereocenters. The monoisotopic (exact) mass is 498 g/mol. The number of nitrogens with one attached hydrogen (secondary N) is 2. The van der Waals surface area contributed by atoms with Crippen molar-refractivity contribution in [2.45, 2.75) is 0 Å². The fraction of sp³-hybridized carbons (Fsp3) is 0. The highest BCUT2D eigenvalue weighted by atomic mass is 127. The van der Waals surface area contributed by atoms with E-state index in [-0.39, 0.29) is 0 Å². The van der Waals surface area contributed by atoms with E-state index in [1.165, 1.54) is 0 Å². The maximum atomic E-state index is 6.09. The summed E-state index contributed by atoms with van der Waals surface area (Å²) in [6.45, 7) is 0. The zero-order chi connectivity index (χ0) is 18.1. The van der Waals surface area contributed by atoms with Crippen molar-refractivity contribution in [2.24, 2.45) is 0 Å². The first-order valence-electron chi connectivity index (χ1n) is 7.34. The summed E-state index contributed by atoms with van der Waals surface area (Å²) in [5.74, 6) is 0.926. The van der Waals surface area contributed by atoms with Gasteiger partial charge in [-0.15, -0.1) is 0 Å². The predicted octanol–water partition coefficient (Wildman–Crippen LogP) is 5.41. The SMILES string of the molecule is Clc1ccc(Nc2nc3nonc3nc2Nc2ccccc2I)cc1Cl. The standard InChI is InChI=1S/C16H9Cl2IN6O/c17-9-6-5-8(7-10(9)18)20-13-14(21-12-4-2-1-3-11(12)19)23-16-15(22-13)24-26-25-16/h1-7H,(H,20,22,24)(H,21,23,25). The second-order valence-corrected chi connectivity index (χ2v) is 7.17. The summed E-state index contributed by atoms with van der Waals surface area (Å²) in [7, 11) is 0. The Morgan fingerprint density at radius 1 is 0.846 bits per heavy atom. The number of nitrogens with zero attached hydrogens (tertiary/aromatic N) is 4. The van der Waals surface area contributed by atoms with Crippen LogP contribution in [0.15, 0.2) is 47.1 Å². The average Bonchev–Trinajstić information content (AvgIpc) is 3.07. The first-order valence-corrected chi connectivity index (χ1v) is 9.17. The third-order valence-corrected chi connectivity index (χ3v) is 5.10. The molecule has 0 saturated carbocycles. The minimum Gasteiger partial charge on any atom is -0.337 e. The van der Waals surface area contributed by atoms with Gasteiger partial charge in [0.2, 0.25) is 11.3 Å². The van der Waals surface area contributed by atoms with Crippen molar-refractivity contribution in [3.05, 3.63) is 56.1 Å². The summed E-state index contributed by atoms with van der Waals surface area (Å²) in [5, 5.41) is 14.8. The lowest BCUT2D eigenvalue weighted by molar-refractivity contribution is 0.314. The van der Waals surface area contributed by atoms with E-state index in [1.807, 2.05) is 24.3 Å². The Morgan fingerprint density at radius 3 is 2.23 bits per heavy atom. The molecule has 10 heteroatoms. The number of halogens is 3. The molecule has 0 radical (unpaired) electrons. The topological polar surface area (TPSA) is 88.8 Å². The van der Waals surface area contributed by atoms with Crippen molar-refractivity contribution in [1.29, 1.82) is 0 Å². The van der Waals surface area contributed by atoms with Gasteiger partial charge in [-0.2, -0.15) is 0 Å².